The van der Waals surface area contributed by atoms with Crippen molar-refractivity contribution in [1.29, 1.82) is 0 Å². The summed E-state index contributed by atoms with van der Waals surface area (Å²) < 4.78 is 5.72. The van der Waals surface area contributed by atoms with Crippen molar-refractivity contribution in [3.63, 3.8) is 0 Å². The highest BCUT2D eigenvalue weighted by Gasteiger charge is 2.32. The minimum atomic E-state index is 0.525. The van der Waals surface area contributed by atoms with E-state index in [1.807, 2.05) is 45.3 Å². The largest absolute Gasteiger partial charge is 0.134 e. The van der Waals surface area contributed by atoms with Crippen molar-refractivity contribution in [3.8, 4) is 32.0 Å². The molecule has 0 amide bonds. The maximum atomic E-state index is 2.55. The second-order valence-electron chi connectivity index (χ2n) is 14.6. The molecule has 248 valence electrons. The molecular weight excluding hydrogens is 705 g/mol. The van der Waals surface area contributed by atoms with Crippen molar-refractivity contribution >= 4 is 97.8 Å². The minimum absolute atomic E-state index is 0.525. The van der Waals surface area contributed by atoms with Crippen LogP contribution in [0.4, 0.5) is 0 Å². The highest BCUT2D eigenvalue weighted by Crippen LogP contribution is 2.52. The summed E-state index contributed by atoms with van der Waals surface area (Å²) in [6.45, 7) is 0. The molecule has 0 saturated carbocycles. The molecule has 2 atom stereocenters. The van der Waals surface area contributed by atoms with Gasteiger partial charge in [0.05, 0.1) is 9.40 Å². The molecular formula is C48H32S4. The second-order valence-corrected chi connectivity index (χ2v) is 18.8. The van der Waals surface area contributed by atoms with Gasteiger partial charge in [-0.2, -0.15) is 0 Å². The molecule has 9 aromatic rings. The second kappa shape index (κ2) is 11.5. The quantitative estimate of drug-likeness (QED) is 0.169. The summed E-state index contributed by atoms with van der Waals surface area (Å²) in [4.78, 5) is 6.04. The van der Waals surface area contributed by atoms with E-state index in [1.54, 1.807) is 27.1 Å². The topological polar surface area (TPSA) is 0 Å². The summed E-state index contributed by atoms with van der Waals surface area (Å²) in [6.07, 6.45) is 14.6. The van der Waals surface area contributed by atoms with Gasteiger partial charge in [-0.1, -0.05) is 97.1 Å². The van der Waals surface area contributed by atoms with Crippen LogP contribution in [0.5, 0.6) is 0 Å². The fraction of sp³-hybridized carbons (Fsp3) is 0.125. The molecule has 4 heteroatoms. The molecule has 12 rings (SSSR count). The molecule has 0 N–H and O–H groups in total. The van der Waals surface area contributed by atoms with E-state index in [9.17, 15) is 0 Å². The first-order valence-corrected chi connectivity index (χ1v) is 21.6. The number of rotatable bonds is 3. The van der Waals surface area contributed by atoms with E-state index in [0.29, 0.717) is 11.8 Å². The van der Waals surface area contributed by atoms with Crippen LogP contribution in [0.25, 0.3) is 84.5 Å². The third-order valence-corrected chi connectivity index (χ3v) is 17.0. The monoisotopic (exact) mass is 736 g/mol. The van der Waals surface area contributed by atoms with Crippen molar-refractivity contribution in [3.05, 3.63) is 153 Å². The molecule has 4 aromatic heterocycles. The normalized spacial score (nSPS) is 17.5. The molecule has 0 saturated heterocycles. The summed E-state index contributed by atoms with van der Waals surface area (Å²) in [5.74, 6) is 1.06. The van der Waals surface area contributed by atoms with Gasteiger partial charge in [-0.3, -0.25) is 0 Å². The lowest BCUT2D eigenvalue weighted by Gasteiger charge is -2.28. The molecule has 0 spiro atoms. The van der Waals surface area contributed by atoms with Gasteiger partial charge in [-0.15, -0.1) is 45.3 Å². The Balaban J connectivity index is 0.856. The zero-order valence-electron chi connectivity index (χ0n) is 28.3. The number of hydrogen-bond acceptors (Lipinski definition) is 4. The number of allylic oxidation sites excluding steroid dienone is 2. The number of fused-ring (bicyclic) bond motifs is 14. The van der Waals surface area contributed by atoms with Crippen LogP contribution in [0.2, 0.25) is 0 Å². The lowest BCUT2D eigenvalue weighted by molar-refractivity contribution is 0.467. The van der Waals surface area contributed by atoms with Crippen LogP contribution in [0.15, 0.2) is 121 Å². The smallest absolute Gasteiger partial charge is 0.0534 e. The standard InChI is InChI=1S/C48H32S4/c1-3-7-27(8-4-1)29-11-19-41-37(23-29)33-15-17-35-39-25-31(13-21-43(39)51-47(35)45(33)49-41)32-14-22-44-40(26-32)36-18-16-34-38-24-30(28-9-5-2-6-10-28)12-20-42(38)50-46(34)48(36)52-44/h1-15,17,19-24,31-32H,16,18,25-26H2. The molecule has 0 bridgehead atoms. The van der Waals surface area contributed by atoms with Gasteiger partial charge in [0.25, 0.3) is 0 Å². The van der Waals surface area contributed by atoms with Gasteiger partial charge in [-0.25, -0.2) is 0 Å². The first-order chi connectivity index (χ1) is 25.7. The fourth-order valence-corrected chi connectivity index (χ4v) is 14.5. The van der Waals surface area contributed by atoms with E-state index in [2.05, 4.69) is 133 Å². The van der Waals surface area contributed by atoms with Crippen LogP contribution in [-0.2, 0) is 25.7 Å². The Hall–Kier alpha value is -4.58. The Morgan fingerprint density at radius 1 is 0.404 bits per heavy atom. The van der Waals surface area contributed by atoms with Gasteiger partial charge in [0.2, 0.25) is 0 Å². The molecule has 5 aromatic carbocycles. The number of hydrogen-bond donors (Lipinski definition) is 0. The summed E-state index contributed by atoms with van der Waals surface area (Å²) >= 11 is 8.03. The maximum Gasteiger partial charge on any atom is 0.0534 e. The summed E-state index contributed by atoms with van der Waals surface area (Å²) in [7, 11) is 0. The predicted molar refractivity (Wildman–Crippen MR) is 231 cm³/mol. The van der Waals surface area contributed by atoms with Gasteiger partial charge >= 0.3 is 0 Å². The molecule has 0 nitrogen and oxygen atoms in total. The summed E-state index contributed by atoms with van der Waals surface area (Å²) in [5, 5.41) is 5.71. The molecule has 3 aliphatic carbocycles. The van der Waals surface area contributed by atoms with Crippen LogP contribution in [0.3, 0.4) is 0 Å². The first-order valence-electron chi connectivity index (χ1n) is 18.3. The molecule has 52 heavy (non-hydrogen) atoms. The highest BCUT2D eigenvalue weighted by molar-refractivity contribution is 7.31. The van der Waals surface area contributed by atoms with E-state index in [1.165, 1.54) is 77.2 Å². The fourth-order valence-electron chi connectivity index (χ4n) is 9.20. The Labute approximate surface area is 318 Å². The van der Waals surface area contributed by atoms with Gasteiger partial charge in [-0.05, 0) is 129 Å². The highest BCUT2D eigenvalue weighted by atomic mass is 32.1. The zero-order chi connectivity index (χ0) is 33.9. The minimum Gasteiger partial charge on any atom is -0.134 e. The molecule has 0 radical (unpaired) electrons. The van der Waals surface area contributed by atoms with Crippen LogP contribution in [0, 0.1) is 11.8 Å². The van der Waals surface area contributed by atoms with E-state index in [4.69, 9.17) is 0 Å². The van der Waals surface area contributed by atoms with Crippen molar-refractivity contribution < 1.29 is 0 Å². The lowest BCUT2D eigenvalue weighted by Crippen LogP contribution is -2.20. The van der Waals surface area contributed by atoms with Crippen LogP contribution in [0.1, 0.15) is 32.0 Å². The van der Waals surface area contributed by atoms with Crippen LogP contribution >= 0.6 is 45.3 Å². The number of aryl methyl sites for hydroxylation is 1. The van der Waals surface area contributed by atoms with E-state index < -0.39 is 0 Å². The van der Waals surface area contributed by atoms with Gasteiger partial charge in [0.1, 0.15) is 0 Å². The predicted octanol–water partition coefficient (Wildman–Crippen LogP) is 14.7. The lowest BCUT2D eigenvalue weighted by atomic mass is 9.76. The SMILES string of the molecule is C1=CC(C2C=Cc3sc4c(ccc5c6cc(-c7ccccc7)ccc6sc54)c3C2)Cc2c1sc1c2CCc2c-1sc1ccc(-c3ccccc3)cc21. The Morgan fingerprint density at radius 2 is 0.981 bits per heavy atom. The Kier molecular flexibility index (Phi) is 6.60. The van der Waals surface area contributed by atoms with Crippen LogP contribution < -0.4 is 0 Å². The number of thiophene rings is 4. The molecule has 0 fully saturated rings. The third kappa shape index (κ3) is 4.48. The van der Waals surface area contributed by atoms with Crippen molar-refractivity contribution in [2.24, 2.45) is 11.8 Å². The van der Waals surface area contributed by atoms with Crippen molar-refractivity contribution in [1.82, 2.24) is 0 Å². The molecule has 0 aliphatic heterocycles. The van der Waals surface area contributed by atoms with Gasteiger partial charge in [0.15, 0.2) is 0 Å². The number of benzene rings is 5. The van der Waals surface area contributed by atoms with Gasteiger partial charge < -0.3 is 0 Å². The van der Waals surface area contributed by atoms with Gasteiger partial charge in [0, 0.05) is 39.7 Å². The summed E-state index contributed by atoms with van der Waals surface area (Å²) in [6, 6.07) is 40.6. The Bertz CT molecular complexity index is 2960. The molecule has 4 heterocycles. The first kappa shape index (κ1) is 29.9. The Morgan fingerprint density at radius 3 is 1.71 bits per heavy atom. The van der Waals surface area contributed by atoms with Crippen molar-refractivity contribution in [2.45, 2.75) is 25.7 Å². The van der Waals surface area contributed by atoms with Crippen LogP contribution in [-0.4, -0.2) is 0 Å². The third-order valence-electron chi connectivity index (χ3n) is 11.8. The average molecular weight is 737 g/mol. The van der Waals surface area contributed by atoms with E-state index in [-0.39, 0.29) is 0 Å². The van der Waals surface area contributed by atoms with E-state index >= 15 is 0 Å². The zero-order valence-corrected chi connectivity index (χ0v) is 31.6. The average Bonchev–Trinajstić information content (AvgIpc) is 3.97. The molecule has 2 unspecified atom stereocenters. The van der Waals surface area contributed by atoms with E-state index in [0.717, 1.165) is 25.7 Å². The maximum absolute atomic E-state index is 2.55. The van der Waals surface area contributed by atoms with Crippen molar-refractivity contribution in [2.75, 3.05) is 0 Å². The summed E-state index contributed by atoms with van der Waals surface area (Å²) in [5.41, 5.74) is 11.6. The molecule has 3 aliphatic rings.